The summed E-state index contributed by atoms with van der Waals surface area (Å²) in [6.45, 7) is 8.42. The highest BCUT2D eigenvalue weighted by Crippen LogP contribution is 2.10. The molecule has 0 bridgehead atoms. The predicted molar refractivity (Wildman–Crippen MR) is 46.7 cm³/mol. The van der Waals surface area contributed by atoms with Crippen LogP contribution >= 0.6 is 0 Å². The van der Waals surface area contributed by atoms with Crippen LogP contribution in [-0.4, -0.2) is 24.8 Å². The molecule has 2 heteroatoms. The molecule has 1 heterocycles. The number of hydrogen-bond donors (Lipinski definition) is 1. The minimum atomic E-state index is 0.228. The summed E-state index contributed by atoms with van der Waals surface area (Å²) in [6.07, 6.45) is 2.46. The minimum Gasteiger partial charge on any atom is -0.380 e. The molecular weight excluding hydrogens is 138 g/mol. The molecule has 1 atom stereocenters. The molecule has 1 aliphatic heterocycles. The van der Waals surface area contributed by atoms with Gasteiger partial charge in [-0.25, -0.2) is 0 Å². The van der Waals surface area contributed by atoms with E-state index in [4.69, 9.17) is 4.74 Å². The summed E-state index contributed by atoms with van der Waals surface area (Å²) >= 11 is 0. The summed E-state index contributed by atoms with van der Waals surface area (Å²) in [7, 11) is 0. The van der Waals surface area contributed by atoms with E-state index in [1.807, 2.05) is 0 Å². The number of nitrogens with one attached hydrogen (secondary N) is 1. The summed E-state index contributed by atoms with van der Waals surface area (Å²) in [6, 6.07) is 0.573. The van der Waals surface area contributed by atoms with Gasteiger partial charge in [0.1, 0.15) is 0 Å². The Morgan fingerprint density at radius 3 is 2.55 bits per heavy atom. The molecule has 0 radical (unpaired) electrons. The Morgan fingerprint density at radius 2 is 2.09 bits per heavy atom. The molecule has 0 aliphatic carbocycles. The lowest BCUT2D eigenvalue weighted by Crippen LogP contribution is -2.47. The van der Waals surface area contributed by atoms with Crippen LogP contribution in [0.4, 0.5) is 0 Å². The fourth-order valence-electron chi connectivity index (χ4n) is 1.47. The van der Waals surface area contributed by atoms with Gasteiger partial charge in [0.15, 0.2) is 0 Å². The van der Waals surface area contributed by atoms with Gasteiger partial charge >= 0.3 is 0 Å². The molecule has 0 aromatic heterocycles. The zero-order valence-electron chi connectivity index (χ0n) is 7.81. The lowest BCUT2D eigenvalue weighted by Gasteiger charge is -2.30. The molecule has 0 amide bonds. The summed E-state index contributed by atoms with van der Waals surface area (Å²) in [4.78, 5) is 0. The average molecular weight is 157 g/mol. The second-order valence-electron chi connectivity index (χ2n) is 4.31. The van der Waals surface area contributed by atoms with Crippen molar-refractivity contribution in [2.45, 2.75) is 45.2 Å². The van der Waals surface area contributed by atoms with Gasteiger partial charge in [0.2, 0.25) is 0 Å². The maximum atomic E-state index is 5.37. The smallest absolute Gasteiger partial charge is 0.0619 e. The van der Waals surface area contributed by atoms with Crippen molar-refractivity contribution >= 4 is 0 Å². The third-order valence-electron chi connectivity index (χ3n) is 1.80. The van der Waals surface area contributed by atoms with E-state index in [9.17, 15) is 0 Å². The molecule has 66 valence electrons. The summed E-state index contributed by atoms with van der Waals surface area (Å²) < 4.78 is 5.37. The standard InChI is InChI=1S/C9H19NO/c1-9(2,3)10-8-5-4-6-11-7-8/h8,10H,4-7H2,1-3H3. The summed E-state index contributed by atoms with van der Waals surface area (Å²) in [5.41, 5.74) is 0.228. The van der Waals surface area contributed by atoms with Crippen molar-refractivity contribution in [1.29, 1.82) is 0 Å². The van der Waals surface area contributed by atoms with Crippen molar-refractivity contribution in [3.63, 3.8) is 0 Å². The molecular formula is C9H19NO. The third-order valence-corrected chi connectivity index (χ3v) is 1.80. The largest absolute Gasteiger partial charge is 0.380 e. The van der Waals surface area contributed by atoms with Crippen LogP contribution < -0.4 is 5.32 Å². The van der Waals surface area contributed by atoms with Crippen molar-refractivity contribution in [2.75, 3.05) is 13.2 Å². The summed E-state index contributed by atoms with van der Waals surface area (Å²) in [5.74, 6) is 0. The Bertz CT molecular complexity index is 111. The van der Waals surface area contributed by atoms with Gasteiger partial charge in [-0.15, -0.1) is 0 Å². The van der Waals surface area contributed by atoms with E-state index in [1.165, 1.54) is 12.8 Å². The van der Waals surface area contributed by atoms with Crippen molar-refractivity contribution in [3.8, 4) is 0 Å². The Balaban J connectivity index is 2.24. The van der Waals surface area contributed by atoms with Crippen molar-refractivity contribution in [3.05, 3.63) is 0 Å². The van der Waals surface area contributed by atoms with Crippen molar-refractivity contribution < 1.29 is 4.74 Å². The molecule has 1 aliphatic rings. The van der Waals surface area contributed by atoms with E-state index in [0.29, 0.717) is 6.04 Å². The zero-order valence-corrected chi connectivity index (χ0v) is 7.81. The zero-order chi connectivity index (χ0) is 8.32. The lowest BCUT2D eigenvalue weighted by atomic mass is 10.0. The Kier molecular flexibility index (Phi) is 2.90. The third kappa shape index (κ3) is 3.73. The maximum Gasteiger partial charge on any atom is 0.0619 e. The average Bonchev–Trinajstić information content (AvgIpc) is 1.85. The van der Waals surface area contributed by atoms with E-state index in [-0.39, 0.29) is 5.54 Å². The molecule has 0 spiro atoms. The molecule has 2 nitrogen and oxygen atoms in total. The van der Waals surface area contributed by atoms with Crippen LogP contribution in [0.1, 0.15) is 33.6 Å². The van der Waals surface area contributed by atoms with Crippen LogP contribution in [0, 0.1) is 0 Å². The molecule has 1 unspecified atom stereocenters. The van der Waals surface area contributed by atoms with Crippen LogP contribution in [0.5, 0.6) is 0 Å². The van der Waals surface area contributed by atoms with Gasteiger partial charge in [-0.1, -0.05) is 0 Å². The first-order valence-corrected chi connectivity index (χ1v) is 4.43. The molecule has 11 heavy (non-hydrogen) atoms. The van der Waals surface area contributed by atoms with E-state index >= 15 is 0 Å². The summed E-state index contributed by atoms with van der Waals surface area (Å²) in [5, 5.41) is 3.53. The van der Waals surface area contributed by atoms with Crippen molar-refractivity contribution in [2.24, 2.45) is 0 Å². The highest BCUT2D eigenvalue weighted by Gasteiger charge is 2.19. The lowest BCUT2D eigenvalue weighted by molar-refractivity contribution is 0.0618. The van der Waals surface area contributed by atoms with Crippen LogP contribution in [0.25, 0.3) is 0 Å². The van der Waals surface area contributed by atoms with Crippen molar-refractivity contribution in [1.82, 2.24) is 5.32 Å². The molecule has 0 saturated carbocycles. The normalized spacial score (nSPS) is 27.0. The van der Waals surface area contributed by atoms with Gasteiger partial charge in [-0.3, -0.25) is 0 Å². The minimum absolute atomic E-state index is 0.228. The Labute approximate surface area is 69.3 Å². The fraction of sp³-hybridized carbons (Fsp3) is 1.00. The highest BCUT2D eigenvalue weighted by molar-refractivity contribution is 4.79. The maximum absolute atomic E-state index is 5.37. The van der Waals surface area contributed by atoms with Gasteiger partial charge < -0.3 is 10.1 Å². The van der Waals surface area contributed by atoms with E-state index in [1.54, 1.807) is 0 Å². The quantitative estimate of drug-likeness (QED) is 0.623. The number of ether oxygens (including phenoxy) is 1. The van der Waals surface area contributed by atoms with E-state index in [2.05, 4.69) is 26.1 Å². The first-order chi connectivity index (χ1) is 5.08. The van der Waals surface area contributed by atoms with Crippen LogP contribution in [0.2, 0.25) is 0 Å². The van der Waals surface area contributed by atoms with Crippen LogP contribution in [0.3, 0.4) is 0 Å². The molecule has 1 fully saturated rings. The SMILES string of the molecule is CC(C)(C)NC1CCCOC1. The first kappa shape index (κ1) is 9.01. The number of rotatable bonds is 1. The fourth-order valence-corrected chi connectivity index (χ4v) is 1.47. The molecule has 1 saturated heterocycles. The van der Waals surface area contributed by atoms with E-state index < -0.39 is 0 Å². The predicted octanol–water partition coefficient (Wildman–Crippen LogP) is 1.55. The number of hydrogen-bond acceptors (Lipinski definition) is 2. The molecule has 0 aromatic carbocycles. The van der Waals surface area contributed by atoms with Crippen LogP contribution in [0.15, 0.2) is 0 Å². The van der Waals surface area contributed by atoms with Gasteiger partial charge in [0, 0.05) is 18.2 Å². The van der Waals surface area contributed by atoms with Gasteiger partial charge in [-0.05, 0) is 33.6 Å². The topological polar surface area (TPSA) is 21.3 Å². The van der Waals surface area contributed by atoms with Gasteiger partial charge in [-0.2, -0.15) is 0 Å². The van der Waals surface area contributed by atoms with E-state index in [0.717, 1.165) is 13.2 Å². The van der Waals surface area contributed by atoms with Gasteiger partial charge in [0.25, 0.3) is 0 Å². The monoisotopic (exact) mass is 157 g/mol. The molecule has 0 aromatic rings. The first-order valence-electron chi connectivity index (χ1n) is 4.43. The second-order valence-corrected chi connectivity index (χ2v) is 4.31. The Hall–Kier alpha value is -0.0800. The second kappa shape index (κ2) is 3.55. The molecule has 1 rings (SSSR count). The van der Waals surface area contributed by atoms with Crippen LogP contribution in [-0.2, 0) is 4.74 Å². The van der Waals surface area contributed by atoms with Gasteiger partial charge in [0.05, 0.1) is 6.61 Å². The highest BCUT2D eigenvalue weighted by atomic mass is 16.5. The molecule has 1 N–H and O–H groups in total. The Morgan fingerprint density at radius 1 is 1.36 bits per heavy atom.